The highest BCUT2D eigenvalue weighted by molar-refractivity contribution is 6.48. The van der Waals surface area contributed by atoms with Gasteiger partial charge >= 0.3 is 6.18 Å². The summed E-state index contributed by atoms with van der Waals surface area (Å²) in [6.07, 6.45) is -7.80. The van der Waals surface area contributed by atoms with Crippen LogP contribution in [0.2, 0.25) is 15.1 Å². The smallest absolute Gasteiger partial charge is 0.205 e. The van der Waals surface area contributed by atoms with Crippen LogP contribution in [0.1, 0.15) is 17.6 Å². The Morgan fingerprint density at radius 2 is 1.41 bits per heavy atom. The first-order valence-corrected chi connectivity index (χ1v) is 6.89. The van der Waals surface area contributed by atoms with Gasteiger partial charge in [-0.05, 0) is 35.4 Å². The summed E-state index contributed by atoms with van der Waals surface area (Å²) in [6, 6.07) is 4.63. The Morgan fingerprint density at radius 3 is 1.86 bits per heavy atom. The molecule has 2 aromatic carbocycles. The van der Waals surface area contributed by atoms with E-state index >= 15 is 0 Å². The number of alkyl halides is 5. The Bertz CT molecular complexity index is 687. The quantitative estimate of drug-likeness (QED) is 0.382. The molecule has 0 atom stereocenters. The van der Waals surface area contributed by atoms with E-state index in [2.05, 4.69) is 0 Å². The van der Waals surface area contributed by atoms with Crippen molar-refractivity contribution in [2.75, 3.05) is 0 Å². The van der Waals surface area contributed by atoms with Crippen LogP contribution < -0.4 is 0 Å². The van der Waals surface area contributed by atoms with Crippen LogP contribution in [0.3, 0.4) is 0 Å². The van der Waals surface area contributed by atoms with Gasteiger partial charge in [0.1, 0.15) is 0 Å². The molecule has 0 N–H and O–H groups in total. The molecule has 0 aromatic heterocycles. The molecule has 0 bridgehead atoms. The molecule has 0 nitrogen and oxygen atoms in total. The Morgan fingerprint density at radius 1 is 0.864 bits per heavy atom. The second kappa shape index (κ2) is 6.22. The summed E-state index contributed by atoms with van der Waals surface area (Å²) in [4.78, 5) is 0. The number of hydrogen-bond acceptors (Lipinski definition) is 0. The van der Waals surface area contributed by atoms with Crippen molar-refractivity contribution in [1.82, 2.24) is 0 Å². The van der Waals surface area contributed by atoms with Gasteiger partial charge < -0.3 is 0 Å². The van der Waals surface area contributed by atoms with Gasteiger partial charge in [-0.15, -0.1) is 0 Å². The minimum Gasteiger partial charge on any atom is -0.205 e. The fraction of sp³-hybridized carbons (Fsp3) is 0.143. The number of hydrogen-bond donors (Lipinski definition) is 0. The molecule has 0 heterocycles. The lowest BCUT2D eigenvalue weighted by molar-refractivity contribution is -0.137. The average molecular weight is 376 g/mol. The lowest BCUT2D eigenvalue weighted by Gasteiger charge is -2.14. The van der Waals surface area contributed by atoms with Crippen molar-refractivity contribution >= 4 is 34.8 Å². The first kappa shape index (κ1) is 17.3. The van der Waals surface area contributed by atoms with Crippen LogP contribution in [0.5, 0.6) is 0 Å². The number of benzene rings is 2. The van der Waals surface area contributed by atoms with Crippen molar-refractivity contribution < 1.29 is 22.0 Å². The van der Waals surface area contributed by atoms with E-state index in [1.165, 1.54) is 12.1 Å². The third kappa shape index (κ3) is 3.47. The molecule has 0 aliphatic carbocycles. The summed E-state index contributed by atoms with van der Waals surface area (Å²) in [7, 11) is 0. The first-order valence-electron chi connectivity index (χ1n) is 5.75. The molecular weight excluding hydrogens is 370 g/mol. The largest absolute Gasteiger partial charge is 0.416 e. The molecule has 0 saturated carbocycles. The molecule has 118 valence electrons. The normalized spacial score (nSPS) is 12.0. The molecule has 0 fully saturated rings. The zero-order chi connectivity index (χ0) is 16.7. The van der Waals surface area contributed by atoms with Crippen LogP contribution in [0, 0.1) is 0 Å². The predicted octanol–water partition coefficient (Wildman–Crippen LogP) is 7.27. The minimum atomic E-state index is -4.71. The molecular formula is C14H6Cl3F5. The van der Waals surface area contributed by atoms with E-state index in [1.54, 1.807) is 0 Å². The van der Waals surface area contributed by atoms with Crippen molar-refractivity contribution in [2.24, 2.45) is 0 Å². The maximum Gasteiger partial charge on any atom is 0.416 e. The third-order valence-corrected chi connectivity index (χ3v) is 4.11. The summed E-state index contributed by atoms with van der Waals surface area (Å²) in [5.74, 6) is 0. The Kier molecular flexibility index (Phi) is 4.90. The third-order valence-electron chi connectivity index (χ3n) is 2.91. The van der Waals surface area contributed by atoms with E-state index in [4.69, 9.17) is 34.8 Å². The van der Waals surface area contributed by atoms with Crippen LogP contribution in [0.4, 0.5) is 22.0 Å². The van der Waals surface area contributed by atoms with Crippen molar-refractivity contribution in [1.29, 1.82) is 0 Å². The van der Waals surface area contributed by atoms with Gasteiger partial charge in [-0.1, -0.05) is 40.9 Å². The Hall–Kier alpha value is -1.04. The molecule has 2 aromatic rings. The van der Waals surface area contributed by atoms with E-state index in [0.29, 0.717) is 6.07 Å². The van der Waals surface area contributed by atoms with Crippen LogP contribution in [-0.4, -0.2) is 0 Å². The molecule has 0 spiro atoms. The standard InChI is InChI=1S/C14H6Cl3F5/c15-10-3-6(4-11(16)12(10)17)8-2-1-7(14(20,21)22)5-9(8)13(18)19/h1-5,13H. The van der Waals surface area contributed by atoms with Crippen molar-refractivity contribution in [3.63, 3.8) is 0 Å². The van der Waals surface area contributed by atoms with E-state index in [0.717, 1.165) is 12.1 Å². The maximum atomic E-state index is 13.1. The van der Waals surface area contributed by atoms with Crippen molar-refractivity contribution in [3.8, 4) is 11.1 Å². The molecule has 8 heteroatoms. The molecule has 0 aliphatic rings. The highest BCUT2D eigenvalue weighted by Crippen LogP contribution is 2.40. The summed E-state index contributed by atoms with van der Waals surface area (Å²) >= 11 is 17.4. The topological polar surface area (TPSA) is 0 Å². The fourth-order valence-corrected chi connectivity index (χ4v) is 2.49. The first-order chi connectivity index (χ1) is 10.1. The maximum absolute atomic E-state index is 13.1. The zero-order valence-corrected chi connectivity index (χ0v) is 12.8. The second-order valence-electron chi connectivity index (χ2n) is 4.35. The average Bonchev–Trinajstić information content (AvgIpc) is 2.42. The molecule has 0 unspecified atom stereocenters. The van der Waals surface area contributed by atoms with Gasteiger partial charge in [0.25, 0.3) is 6.43 Å². The molecule has 0 amide bonds. The molecule has 2 rings (SSSR count). The Balaban J connectivity index is 2.65. The highest BCUT2D eigenvalue weighted by Gasteiger charge is 2.32. The van der Waals surface area contributed by atoms with Crippen LogP contribution in [0.15, 0.2) is 30.3 Å². The summed E-state index contributed by atoms with van der Waals surface area (Å²) in [5.41, 5.74) is -1.85. The lowest BCUT2D eigenvalue weighted by Crippen LogP contribution is -2.06. The SMILES string of the molecule is FC(F)c1cc(C(F)(F)F)ccc1-c1cc(Cl)c(Cl)c(Cl)c1. The molecule has 0 saturated heterocycles. The highest BCUT2D eigenvalue weighted by atomic mass is 35.5. The van der Waals surface area contributed by atoms with Gasteiger partial charge in [0.15, 0.2) is 0 Å². The summed E-state index contributed by atoms with van der Waals surface area (Å²) < 4.78 is 64.1. The van der Waals surface area contributed by atoms with Crippen LogP contribution in [-0.2, 0) is 6.18 Å². The van der Waals surface area contributed by atoms with Gasteiger partial charge in [-0.25, -0.2) is 8.78 Å². The fourth-order valence-electron chi connectivity index (χ4n) is 1.89. The minimum absolute atomic E-state index is 0.0179. The molecule has 0 aliphatic heterocycles. The van der Waals surface area contributed by atoms with Crippen molar-refractivity contribution in [3.05, 3.63) is 56.5 Å². The van der Waals surface area contributed by atoms with Gasteiger partial charge in [0.05, 0.1) is 20.6 Å². The lowest BCUT2D eigenvalue weighted by atomic mass is 9.97. The van der Waals surface area contributed by atoms with Crippen LogP contribution in [0.25, 0.3) is 11.1 Å². The van der Waals surface area contributed by atoms with Gasteiger partial charge in [-0.2, -0.15) is 13.2 Å². The summed E-state index contributed by atoms with van der Waals surface area (Å²) in [5, 5.41) is 0.0751. The molecule has 22 heavy (non-hydrogen) atoms. The Labute approximate surface area is 137 Å². The summed E-state index contributed by atoms with van der Waals surface area (Å²) in [6.45, 7) is 0. The van der Waals surface area contributed by atoms with E-state index in [-0.39, 0.29) is 26.2 Å². The van der Waals surface area contributed by atoms with Gasteiger partial charge in [-0.3, -0.25) is 0 Å². The monoisotopic (exact) mass is 374 g/mol. The van der Waals surface area contributed by atoms with Gasteiger partial charge in [0, 0.05) is 5.56 Å². The van der Waals surface area contributed by atoms with Crippen molar-refractivity contribution in [2.45, 2.75) is 12.6 Å². The molecule has 0 radical (unpaired) electrons. The second-order valence-corrected chi connectivity index (χ2v) is 5.55. The number of halogens is 8. The van der Waals surface area contributed by atoms with E-state index < -0.39 is 23.7 Å². The number of rotatable bonds is 2. The van der Waals surface area contributed by atoms with E-state index in [9.17, 15) is 22.0 Å². The van der Waals surface area contributed by atoms with Gasteiger partial charge in [0.2, 0.25) is 0 Å². The zero-order valence-electron chi connectivity index (χ0n) is 10.5. The van der Waals surface area contributed by atoms with Crippen LogP contribution >= 0.6 is 34.8 Å². The van der Waals surface area contributed by atoms with E-state index in [1.807, 2.05) is 0 Å². The predicted molar refractivity (Wildman–Crippen MR) is 76.9 cm³/mol.